The number of amides is 1. The third-order valence-electron chi connectivity index (χ3n) is 3.61. The second kappa shape index (κ2) is 6.89. The van der Waals surface area contributed by atoms with Crippen molar-refractivity contribution in [2.75, 3.05) is 20.1 Å². The molecule has 0 bridgehead atoms. The van der Waals surface area contributed by atoms with Gasteiger partial charge < -0.3 is 10.2 Å². The summed E-state index contributed by atoms with van der Waals surface area (Å²) in [6.45, 7) is 6.21. The molecule has 0 aromatic carbocycles. The van der Waals surface area contributed by atoms with Gasteiger partial charge in [0, 0.05) is 25.6 Å². The van der Waals surface area contributed by atoms with Crippen LogP contribution in [0, 0.1) is 5.92 Å². The molecule has 0 radical (unpaired) electrons. The summed E-state index contributed by atoms with van der Waals surface area (Å²) in [6, 6.07) is 0.426. The van der Waals surface area contributed by atoms with Gasteiger partial charge in [-0.15, -0.1) is 0 Å². The second-order valence-electron chi connectivity index (χ2n) is 5.01. The summed E-state index contributed by atoms with van der Waals surface area (Å²) in [5.41, 5.74) is 0. The van der Waals surface area contributed by atoms with Gasteiger partial charge in [0.2, 0.25) is 5.91 Å². The molecular formula is C13H26N2O. The van der Waals surface area contributed by atoms with E-state index in [4.69, 9.17) is 0 Å². The minimum atomic E-state index is 0.356. The molecular weight excluding hydrogens is 200 g/mol. The fraction of sp³-hybridized carbons (Fsp3) is 0.923. The zero-order valence-electron chi connectivity index (χ0n) is 11.0. The Kier molecular flexibility index (Phi) is 5.81. The van der Waals surface area contributed by atoms with Gasteiger partial charge in [0.25, 0.3) is 0 Å². The van der Waals surface area contributed by atoms with E-state index in [-0.39, 0.29) is 0 Å². The van der Waals surface area contributed by atoms with Crippen LogP contribution in [0.2, 0.25) is 0 Å². The molecule has 1 aliphatic rings. The minimum Gasteiger partial charge on any atom is -0.338 e. The quantitative estimate of drug-likeness (QED) is 0.778. The van der Waals surface area contributed by atoms with Crippen LogP contribution >= 0.6 is 0 Å². The number of hydrogen-bond donors (Lipinski definition) is 1. The van der Waals surface area contributed by atoms with E-state index in [1.165, 1.54) is 12.8 Å². The summed E-state index contributed by atoms with van der Waals surface area (Å²) < 4.78 is 0. The molecule has 1 saturated heterocycles. The third-order valence-corrected chi connectivity index (χ3v) is 3.61. The molecule has 3 heteroatoms. The van der Waals surface area contributed by atoms with E-state index in [0.717, 1.165) is 32.4 Å². The van der Waals surface area contributed by atoms with Crippen molar-refractivity contribution >= 4 is 5.91 Å². The second-order valence-corrected chi connectivity index (χ2v) is 5.01. The number of likely N-dealkylation sites (tertiary alicyclic amines) is 1. The summed E-state index contributed by atoms with van der Waals surface area (Å²) in [7, 11) is 1.96. The molecule has 3 nitrogen and oxygen atoms in total. The Morgan fingerprint density at radius 3 is 2.88 bits per heavy atom. The maximum Gasteiger partial charge on any atom is 0.223 e. The predicted molar refractivity (Wildman–Crippen MR) is 67.4 cm³/mol. The van der Waals surface area contributed by atoms with Gasteiger partial charge in [0.15, 0.2) is 0 Å². The van der Waals surface area contributed by atoms with Gasteiger partial charge in [-0.3, -0.25) is 4.79 Å². The van der Waals surface area contributed by atoms with Gasteiger partial charge in [0.05, 0.1) is 0 Å². The van der Waals surface area contributed by atoms with Crippen molar-refractivity contribution in [3.05, 3.63) is 0 Å². The molecule has 2 atom stereocenters. The molecule has 1 fully saturated rings. The molecule has 0 saturated carbocycles. The van der Waals surface area contributed by atoms with E-state index < -0.39 is 0 Å². The van der Waals surface area contributed by atoms with Crippen LogP contribution in [0.15, 0.2) is 0 Å². The maximum atomic E-state index is 12.2. The van der Waals surface area contributed by atoms with Crippen LogP contribution in [0.3, 0.4) is 0 Å². The summed E-state index contributed by atoms with van der Waals surface area (Å²) in [5.74, 6) is 0.874. The van der Waals surface area contributed by atoms with Crippen molar-refractivity contribution in [2.45, 2.75) is 52.0 Å². The lowest BCUT2D eigenvalue weighted by atomic mass is 9.99. The highest BCUT2D eigenvalue weighted by Gasteiger charge is 2.26. The van der Waals surface area contributed by atoms with Crippen LogP contribution in [0.25, 0.3) is 0 Å². The fourth-order valence-corrected chi connectivity index (χ4v) is 2.34. The molecule has 0 aromatic heterocycles. The molecule has 1 rings (SSSR count). The van der Waals surface area contributed by atoms with E-state index in [1.54, 1.807) is 0 Å². The highest BCUT2D eigenvalue weighted by atomic mass is 16.2. The highest BCUT2D eigenvalue weighted by molar-refractivity contribution is 5.76. The van der Waals surface area contributed by atoms with Crippen molar-refractivity contribution in [3.8, 4) is 0 Å². The van der Waals surface area contributed by atoms with Crippen LogP contribution in [-0.2, 0) is 4.79 Å². The van der Waals surface area contributed by atoms with E-state index in [1.807, 2.05) is 7.05 Å². The molecule has 1 aliphatic heterocycles. The third kappa shape index (κ3) is 3.78. The van der Waals surface area contributed by atoms with E-state index in [0.29, 0.717) is 17.9 Å². The Hall–Kier alpha value is -0.570. The molecule has 0 aliphatic carbocycles. The monoisotopic (exact) mass is 226 g/mol. The van der Waals surface area contributed by atoms with E-state index in [2.05, 4.69) is 24.1 Å². The molecule has 1 heterocycles. The Morgan fingerprint density at radius 2 is 2.25 bits per heavy atom. The Morgan fingerprint density at radius 1 is 1.50 bits per heavy atom. The molecule has 0 aromatic rings. The van der Waals surface area contributed by atoms with Gasteiger partial charge in [-0.05, 0) is 32.2 Å². The first kappa shape index (κ1) is 13.5. The van der Waals surface area contributed by atoms with Crippen molar-refractivity contribution in [3.63, 3.8) is 0 Å². The summed E-state index contributed by atoms with van der Waals surface area (Å²) in [6.07, 6.45) is 5.41. The van der Waals surface area contributed by atoms with Crippen LogP contribution in [0.1, 0.15) is 46.0 Å². The predicted octanol–water partition coefficient (Wildman–Crippen LogP) is 2.02. The normalized spacial score (nSPS) is 23.2. The van der Waals surface area contributed by atoms with Crippen molar-refractivity contribution in [2.24, 2.45) is 5.92 Å². The molecule has 94 valence electrons. The average molecular weight is 226 g/mol. The van der Waals surface area contributed by atoms with Gasteiger partial charge in [0.1, 0.15) is 0 Å². The van der Waals surface area contributed by atoms with Crippen LogP contribution < -0.4 is 5.32 Å². The average Bonchev–Trinajstić information content (AvgIpc) is 2.30. The number of likely N-dealkylation sites (N-methyl/N-ethyl adjacent to an activating group) is 1. The Bertz CT molecular complexity index is 216. The summed E-state index contributed by atoms with van der Waals surface area (Å²) >= 11 is 0. The van der Waals surface area contributed by atoms with E-state index in [9.17, 15) is 4.79 Å². The Balaban J connectivity index is 2.50. The molecule has 16 heavy (non-hydrogen) atoms. The Labute approximate surface area is 99.6 Å². The smallest absolute Gasteiger partial charge is 0.223 e. The number of rotatable bonds is 5. The first-order valence-corrected chi connectivity index (χ1v) is 6.63. The lowest BCUT2D eigenvalue weighted by Gasteiger charge is -2.36. The topological polar surface area (TPSA) is 32.3 Å². The summed E-state index contributed by atoms with van der Waals surface area (Å²) in [5, 5.41) is 3.20. The molecule has 1 amide bonds. The fourth-order valence-electron chi connectivity index (χ4n) is 2.34. The number of carbonyl (C=O) groups is 1. The molecule has 0 spiro atoms. The SMILES string of the molecule is CCC(C)CC(=O)N1CCCCC1CNC. The lowest BCUT2D eigenvalue weighted by molar-refractivity contribution is -0.135. The zero-order chi connectivity index (χ0) is 12.0. The standard InChI is InChI=1S/C13H26N2O/c1-4-11(2)9-13(16)15-8-6-5-7-12(15)10-14-3/h11-12,14H,4-10H2,1-3H3. The first-order valence-electron chi connectivity index (χ1n) is 6.63. The van der Waals surface area contributed by atoms with E-state index >= 15 is 0 Å². The zero-order valence-corrected chi connectivity index (χ0v) is 11.0. The van der Waals surface area contributed by atoms with Gasteiger partial charge in [-0.2, -0.15) is 0 Å². The largest absolute Gasteiger partial charge is 0.338 e. The summed E-state index contributed by atoms with van der Waals surface area (Å²) in [4.78, 5) is 14.3. The number of nitrogens with one attached hydrogen (secondary N) is 1. The highest BCUT2D eigenvalue weighted by Crippen LogP contribution is 2.19. The minimum absolute atomic E-state index is 0.356. The van der Waals surface area contributed by atoms with Crippen molar-refractivity contribution in [1.29, 1.82) is 0 Å². The molecule has 1 N–H and O–H groups in total. The van der Waals surface area contributed by atoms with Crippen molar-refractivity contribution in [1.82, 2.24) is 10.2 Å². The van der Waals surface area contributed by atoms with Crippen LogP contribution in [0.4, 0.5) is 0 Å². The van der Waals surface area contributed by atoms with Gasteiger partial charge in [-0.1, -0.05) is 20.3 Å². The maximum absolute atomic E-state index is 12.2. The van der Waals surface area contributed by atoms with Crippen LogP contribution in [-0.4, -0.2) is 37.0 Å². The lowest BCUT2D eigenvalue weighted by Crippen LogP contribution is -2.48. The number of piperidine rings is 1. The first-order chi connectivity index (χ1) is 7.69. The van der Waals surface area contributed by atoms with Crippen molar-refractivity contribution < 1.29 is 4.79 Å². The number of nitrogens with zero attached hydrogens (tertiary/aromatic N) is 1. The van der Waals surface area contributed by atoms with Crippen LogP contribution in [0.5, 0.6) is 0 Å². The van der Waals surface area contributed by atoms with Gasteiger partial charge >= 0.3 is 0 Å². The number of hydrogen-bond acceptors (Lipinski definition) is 2. The molecule has 2 unspecified atom stereocenters. The number of carbonyl (C=O) groups excluding carboxylic acids is 1. The van der Waals surface area contributed by atoms with Gasteiger partial charge in [-0.25, -0.2) is 0 Å².